The Morgan fingerprint density at radius 2 is 2.00 bits per heavy atom. The van der Waals surface area contributed by atoms with Crippen LogP contribution in [0, 0.1) is 6.92 Å². The van der Waals surface area contributed by atoms with Gasteiger partial charge in [-0.2, -0.15) is 0 Å². The average molecular weight is 254 g/mol. The third kappa shape index (κ3) is 2.97. The van der Waals surface area contributed by atoms with E-state index in [0.29, 0.717) is 5.88 Å². The van der Waals surface area contributed by atoms with Crippen molar-refractivity contribution in [2.75, 3.05) is 5.73 Å². The quantitative estimate of drug-likeness (QED) is 0.689. The second-order valence-corrected chi connectivity index (χ2v) is 4.01. The highest BCUT2D eigenvalue weighted by Gasteiger charge is 2.24. The maximum Gasteiger partial charge on any atom is 0.296 e. The van der Waals surface area contributed by atoms with Crippen molar-refractivity contribution in [3.8, 4) is 0 Å². The van der Waals surface area contributed by atoms with E-state index in [0.717, 1.165) is 12.1 Å². The summed E-state index contributed by atoms with van der Waals surface area (Å²) in [5.74, 6) is 0.389. The summed E-state index contributed by atoms with van der Waals surface area (Å²) in [7, 11) is 0. The van der Waals surface area contributed by atoms with Crippen LogP contribution in [0.3, 0.4) is 0 Å². The van der Waals surface area contributed by atoms with Gasteiger partial charge in [0.05, 0.1) is 0 Å². The lowest BCUT2D eigenvalue weighted by molar-refractivity contribution is -0.786. The number of nitrogens with zero attached hydrogens (tertiary/aromatic N) is 2. The van der Waals surface area contributed by atoms with Gasteiger partial charge >= 0.3 is 0 Å². The van der Waals surface area contributed by atoms with E-state index in [1.807, 2.05) is 29.8 Å². The van der Waals surface area contributed by atoms with Crippen LogP contribution in [0.4, 0.5) is 5.88 Å². The molecule has 0 radical (unpaired) electrons. The highest BCUT2D eigenvalue weighted by molar-refractivity contribution is 5.23. The zero-order valence-electron chi connectivity index (χ0n) is 9.93. The highest BCUT2D eigenvalue weighted by Crippen LogP contribution is 2.11. The monoisotopic (exact) mass is 253 g/mol. The Kier molecular flexibility index (Phi) is 4.52. The van der Waals surface area contributed by atoms with Crippen molar-refractivity contribution >= 4 is 5.88 Å². The topological polar surface area (TPSA) is 55.9 Å². The van der Waals surface area contributed by atoms with Crippen molar-refractivity contribution in [2.24, 2.45) is 0 Å². The van der Waals surface area contributed by atoms with Gasteiger partial charge < -0.3 is 18.1 Å². The molecule has 0 aliphatic rings. The van der Waals surface area contributed by atoms with E-state index in [2.05, 4.69) is 24.3 Å². The van der Waals surface area contributed by atoms with Gasteiger partial charge in [-0.05, 0) is 10.2 Å². The Balaban J connectivity index is 0.00000144. The van der Waals surface area contributed by atoms with Gasteiger partial charge in [0.1, 0.15) is 0 Å². The molecule has 0 spiro atoms. The first-order chi connectivity index (χ1) is 7.68. The molecule has 92 valence electrons. The summed E-state index contributed by atoms with van der Waals surface area (Å²) >= 11 is 0. The zero-order valence-corrected chi connectivity index (χ0v) is 10.7. The molecule has 4 nitrogen and oxygen atoms in total. The van der Waals surface area contributed by atoms with Gasteiger partial charge in [-0.25, -0.2) is 0 Å². The molecule has 0 bridgehead atoms. The Morgan fingerprint density at radius 1 is 1.35 bits per heavy atom. The number of rotatable bonds is 3. The van der Waals surface area contributed by atoms with Crippen molar-refractivity contribution in [2.45, 2.75) is 26.3 Å². The van der Waals surface area contributed by atoms with E-state index in [4.69, 9.17) is 10.3 Å². The van der Waals surface area contributed by atoms with Gasteiger partial charge in [0.25, 0.3) is 11.6 Å². The van der Waals surface area contributed by atoms with Crippen LogP contribution in [0.5, 0.6) is 0 Å². The number of anilines is 1. The summed E-state index contributed by atoms with van der Waals surface area (Å²) < 4.78 is 6.77. The van der Waals surface area contributed by atoms with Crippen LogP contribution >= 0.6 is 0 Å². The minimum absolute atomic E-state index is 0. The van der Waals surface area contributed by atoms with Crippen LogP contribution in [0.15, 0.2) is 34.9 Å². The normalized spacial score (nSPS) is 11.9. The van der Waals surface area contributed by atoms with Crippen molar-refractivity contribution < 1.29 is 21.6 Å². The minimum Gasteiger partial charge on any atom is -1.00 e. The summed E-state index contributed by atoms with van der Waals surface area (Å²) in [5.41, 5.74) is 7.78. The van der Waals surface area contributed by atoms with E-state index in [1.165, 1.54) is 5.56 Å². The number of aromatic nitrogens is 2. The number of hydrogen-bond acceptors (Lipinski definition) is 3. The Labute approximate surface area is 107 Å². The standard InChI is InChI=1S/C12H16N3O.ClH/c1-9(8-11-6-4-3-5-7-11)15-10(2)12(13)16-14-15;/h3-7,9H,8,13H2,1-2H3;1H/q+1;/p-1. The summed E-state index contributed by atoms with van der Waals surface area (Å²) in [6.07, 6.45) is 0.915. The Hall–Kier alpha value is -1.55. The molecule has 0 amide bonds. The molecule has 1 heterocycles. The Bertz CT molecular complexity index is 470. The molecule has 5 heteroatoms. The summed E-state index contributed by atoms with van der Waals surface area (Å²) in [5, 5.41) is 3.93. The fourth-order valence-corrected chi connectivity index (χ4v) is 1.78. The van der Waals surface area contributed by atoms with Crippen LogP contribution < -0.4 is 22.8 Å². The number of nitrogens with two attached hydrogens (primary N) is 1. The first-order valence-electron chi connectivity index (χ1n) is 5.36. The van der Waals surface area contributed by atoms with Gasteiger partial charge in [-0.3, -0.25) is 4.52 Å². The fraction of sp³-hybridized carbons (Fsp3) is 0.333. The van der Waals surface area contributed by atoms with Crippen molar-refractivity contribution in [1.29, 1.82) is 0 Å². The van der Waals surface area contributed by atoms with Gasteiger partial charge in [-0.15, -0.1) is 0 Å². The lowest BCUT2D eigenvalue weighted by Crippen LogP contribution is -3.00. The molecular weight excluding hydrogens is 238 g/mol. The maximum atomic E-state index is 5.62. The SMILES string of the molecule is Cc1c(N)on[n+]1C(C)Cc1ccccc1.[Cl-]. The van der Waals surface area contributed by atoms with Crippen LogP contribution in [0.1, 0.15) is 24.2 Å². The van der Waals surface area contributed by atoms with Gasteiger partial charge in [0.15, 0.2) is 6.04 Å². The molecule has 1 atom stereocenters. The fourth-order valence-electron chi connectivity index (χ4n) is 1.78. The second kappa shape index (κ2) is 5.68. The summed E-state index contributed by atoms with van der Waals surface area (Å²) in [4.78, 5) is 0. The average Bonchev–Trinajstić information content (AvgIpc) is 2.61. The first kappa shape index (κ1) is 13.5. The molecule has 0 aliphatic heterocycles. The molecule has 2 aromatic rings. The van der Waals surface area contributed by atoms with Gasteiger partial charge in [-0.1, -0.05) is 30.3 Å². The van der Waals surface area contributed by atoms with E-state index < -0.39 is 0 Å². The van der Waals surface area contributed by atoms with E-state index in [9.17, 15) is 0 Å². The number of benzene rings is 1. The molecule has 0 aliphatic carbocycles. The summed E-state index contributed by atoms with van der Waals surface area (Å²) in [6.45, 7) is 4.01. The van der Waals surface area contributed by atoms with Crippen molar-refractivity contribution in [1.82, 2.24) is 5.27 Å². The van der Waals surface area contributed by atoms with E-state index in [1.54, 1.807) is 0 Å². The van der Waals surface area contributed by atoms with E-state index in [-0.39, 0.29) is 18.4 Å². The predicted molar refractivity (Wildman–Crippen MR) is 60.7 cm³/mol. The lowest BCUT2D eigenvalue weighted by atomic mass is 10.1. The highest BCUT2D eigenvalue weighted by atomic mass is 35.5. The smallest absolute Gasteiger partial charge is 0.296 e. The molecule has 0 fully saturated rings. The molecule has 1 aromatic carbocycles. The van der Waals surface area contributed by atoms with E-state index >= 15 is 0 Å². The first-order valence-corrected chi connectivity index (χ1v) is 5.36. The molecule has 1 aromatic heterocycles. The molecular formula is C12H16ClN3O. The third-order valence-corrected chi connectivity index (χ3v) is 2.72. The molecule has 2 rings (SSSR count). The van der Waals surface area contributed by atoms with Crippen LogP contribution in [0.2, 0.25) is 0 Å². The van der Waals surface area contributed by atoms with Crippen LogP contribution in [0.25, 0.3) is 0 Å². The molecule has 2 N–H and O–H groups in total. The molecule has 0 saturated carbocycles. The van der Waals surface area contributed by atoms with Gasteiger partial charge in [0.2, 0.25) is 5.27 Å². The minimum atomic E-state index is 0. The molecule has 1 unspecified atom stereocenters. The third-order valence-electron chi connectivity index (χ3n) is 2.72. The molecule has 0 saturated heterocycles. The van der Waals surface area contributed by atoms with Gasteiger partial charge in [0, 0.05) is 20.3 Å². The Morgan fingerprint density at radius 3 is 2.53 bits per heavy atom. The maximum absolute atomic E-state index is 5.62. The predicted octanol–water partition coefficient (Wildman–Crippen LogP) is -1.34. The number of halogens is 1. The lowest BCUT2D eigenvalue weighted by Gasteiger charge is -2.02. The number of hydrogen-bond donors (Lipinski definition) is 1. The van der Waals surface area contributed by atoms with Crippen molar-refractivity contribution in [3.63, 3.8) is 0 Å². The molecule has 17 heavy (non-hydrogen) atoms. The zero-order chi connectivity index (χ0) is 11.5. The summed E-state index contributed by atoms with van der Waals surface area (Å²) in [6, 6.07) is 10.5. The van der Waals surface area contributed by atoms with Crippen LogP contribution in [-0.4, -0.2) is 5.27 Å². The van der Waals surface area contributed by atoms with Crippen LogP contribution in [-0.2, 0) is 6.42 Å². The largest absolute Gasteiger partial charge is 1.00 e. The van der Waals surface area contributed by atoms with Crippen molar-refractivity contribution in [3.05, 3.63) is 41.6 Å². The number of nitrogen functional groups attached to an aromatic ring is 1. The second-order valence-electron chi connectivity index (χ2n) is 4.01.